The third-order valence-electron chi connectivity index (χ3n) is 4.94. The van der Waals surface area contributed by atoms with E-state index in [-0.39, 0.29) is 23.8 Å². The van der Waals surface area contributed by atoms with Gasteiger partial charge in [0.2, 0.25) is 0 Å². The van der Waals surface area contributed by atoms with Crippen molar-refractivity contribution >= 4 is 17.7 Å². The van der Waals surface area contributed by atoms with Crippen LogP contribution in [0.15, 0.2) is 36.4 Å². The summed E-state index contributed by atoms with van der Waals surface area (Å²) in [7, 11) is 0. The van der Waals surface area contributed by atoms with Crippen LogP contribution in [0, 0.1) is 11.8 Å². The van der Waals surface area contributed by atoms with E-state index >= 15 is 0 Å². The fraction of sp³-hybridized carbons (Fsp3) is 0.435. The summed E-state index contributed by atoms with van der Waals surface area (Å²) in [6, 6.07) is 7.32. The monoisotopic (exact) mass is 394 g/mol. The zero-order valence-corrected chi connectivity index (χ0v) is 16.5. The Kier molecular flexibility index (Phi) is 7.60. The molecule has 3 rings (SSSR count). The summed E-state index contributed by atoms with van der Waals surface area (Å²) in [5.74, 6) is 5.58. The van der Waals surface area contributed by atoms with Gasteiger partial charge in [-0.05, 0) is 43.4 Å². The van der Waals surface area contributed by atoms with Gasteiger partial charge in [-0.15, -0.1) is 5.92 Å². The Morgan fingerprint density at radius 3 is 2.62 bits per heavy atom. The highest BCUT2D eigenvalue weighted by molar-refractivity contribution is 6.12. The average molecular weight is 394 g/mol. The van der Waals surface area contributed by atoms with Gasteiger partial charge in [-0.3, -0.25) is 19.3 Å². The molecule has 6 heteroatoms. The predicted molar refractivity (Wildman–Crippen MR) is 109 cm³/mol. The van der Waals surface area contributed by atoms with Gasteiger partial charge in [0.1, 0.15) is 6.10 Å². The standard InChI is InChI=1S/C23H26N2O4/c26-21-13-14-22(27)25(21)16-6-15-24-23(28)19-11-9-18(10-12-19)17-29-20-7-4-2-1-3-5-8-20/h9-14,20H,1-4,6-7,15-17H2,(H,24,28). The van der Waals surface area contributed by atoms with Crippen molar-refractivity contribution < 1.29 is 19.1 Å². The molecule has 1 unspecified atom stereocenters. The molecule has 0 saturated carbocycles. The third kappa shape index (κ3) is 6.30. The molecular weight excluding hydrogens is 368 g/mol. The number of hydrogen-bond acceptors (Lipinski definition) is 4. The van der Waals surface area contributed by atoms with Gasteiger partial charge in [-0.25, -0.2) is 0 Å². The Morgan fingerprint density at radius 2 is 1.86 bits per heavy atom. The number of ether oxygens (including phenoxy) is 1. The molecule has 1 atom stereocenters. The highest BCUT2D eigenvalue weighted by Gasteiger charge is 2.22. The summed E-state index contributed by atoms with van der Waals surface area (Å²) in [5, 5.41) is 2.81. The van der Waals surface area contributed by atoms with Gasteiger partial charge >= 0.3 is 0 Å². The summed E-state index contributed by atoms with van der Waals surface area (Å²) in [6.45, 7) is 1.17. The second-order valence-electron chi connectivity index (χ2n) is 7.19. The number of nitrogens with one attached hydrogen (secondary N) is 1. The topological polar surface area (TPSA) is 75.7 Å². The van der Waals surface area contributed by atoms with Gasteiger partial charge in [0, 0.05) is 37.2 Å². The second-order valence-corrected chi connectivity index (χ2v) is 7.19. The minimum Gasteiger partial charge on any atom is -0.361 e. The predicted octanol–water partition coefficient (Wildman–Crippen LogP) is 2.58. The van der Waals surface area contributed by atoms with Gasteiger partial charge in [-0.2, -0.15) is 0 Å². The smallest absolute Gasteiger partial charge is 0.253 e. The number of nitrogens with zero attached hydrogens (tertiary/aromatic N) is 1. The first kappa shape index (κ1) is 20.8. The van der Waals surface area contributed by atoms with Crippen LogP contribution in [0.4, 0.5) is 0 Å². The summed E-state index contributed by atoms with van der Waals surface area (Å²) in [4.78, 5) is 36.3. The molecule has 0 fully saturated rings. The molecule has 0 saturated heterocycles. The fourth-order valence-corrected chi connectivity index (χ4v) is 3.24. The van der Waals surface area contributed by atoms with Crippen LogP contribution in [-0.2, 0) is 20.9 Å². The minimum atomic E-state index is -0.301. The molecule has 0 bridgehead atoms. The highest BCUT2D eigenvalue weighted by Crippen LogP contribution is 2.13. The number of carbonyl (C=O) groups excluding carboxylic acids is 3. The molecule has 1 heterocycles. The summed E-state index contributed by atoms with van der Waals surface area (Å²) < 4.78 is 5.91. The molecular formula is C23H26N2O4. The Balaban J connectivity index is 1.39. The fourth-order valence-electron chi connectivity index (χ4n) is 3.24. The molecule has 152 valence electrons. The number of benzene rings is 1. The molecule has 1 N–H and O–H groups in total. The van der Waals surface area contributed by atoms with E-state index in [4.69, 9.17) is 4.74 Å². The number of amides is 3. The zero-order valence-electron chi connectivity index (χ0n) is 16.5. The van der Waals surface area contributed by atoms with Crippen molar-refractivity contribution in [1.29, 1.82) is 0 Å². The molecule has 1 aliphatic heterocycles. The maximum Gasteiger partial charge on any atom is 0.253 e. The molecule has 6 nitrogen and oxygen atoms in total. The first-order valence-electron chi connectivity index (χ1n) is 10.1. The lowest BCUT2D eigenvalue weighted by molar-refractivity contribution is -0.136. The first-order valence-corrected chi connectivity index (χ1v) is 10.1. The van der Waals surface area contributed by atoms with Crippen LogP contribution in [0.2, 0.25) is 0 Å². The molecule has 29 heavy (non-hydrogen) atoms. The van der Waals surface area contributed by atoms with E-state index in [0.717, 1.165) is 24.8 Å². The van der Waals surface area contributed by atoms with Gasteiger partial charge in [0.25, 0.3) is 17.7 Å². The van der Waals surface area contributed by atoms with E-state index < -0.39 is 0 Å². The average Bonchev–Trinajstić information content (AvgIpc) is 3.02. The molecule has 1 aliphatic carbocycles. The number of hydrogen-bond donors (Lipinski definition) is 1. The van der Waals surface area contributed by atoms with Crippen LogP contribution in [0.5, 0.6) is 0 Å². The van der Waals surface area contributed by atoms with Crippen LogP contribution in [-0.4, -0.2) is 41.8 Å². The number of rotatable bonds is 8. The Morgan fingerprint density at radius 1 is 1.10 bits per heavy atom. The Hall–Kier alpha value is -2.91. The van der Waals surface area contributed by atoms with E-state index in [2.05, 4.69) is 17.2 Å². The van der Waals surface area contributed by atoms with Crippen LogP contribution in [0.25, 0.3) is 0 Å². The van der Waals surface area contributed by atoms with Gasteiger partial charge in [0.05, 0.1) is 6.61 Å². The Labute approximate surface area is 171 Å². The normalized spacial score (nSPS) is 18.8. The van der Waals surface area contributed by atoms with Crippen LogP contribution in [0.3, 0.4) is 0 Å². The van der Waals surface area contributed by atoms with Gasteiger partial charge in [0.15, 0.2) is 0 Å². The van der Waals surface area contributed by atoms with Crippen molar-refractivity contribution in [1.82, 2.24) is 10.2 Å². The highest BCUT2D eigenvalue weighted by atomic mass is 16.5. The lowest BCUT2D eigenvalue weighted by Gasteiger charge is -2.14. The van der Waals surface area contributed by atoms with Crippen molar-refractivity contribution in [2.24, 2.45) is 0 Å². The van der Waals surface area contributed by atoms with E-state index in [0.29, 0.717) is 31.7 Å². The van der Waals surface area contributed by atoms with Crippen molar-refractivity contribution in [3.05, 3.63) is 47.5 Å². The van der Waals surface area contributed by atoms with Crippen LogP contribution in [0.1, 0.15) is 54.4 Å². The van der Waals surface area contributed by atoms with Crippen molar-refractivity contribution in [3.63, 3.8) is 0 Å². The molecule has 2 aliphatic rings. The molecule has 0 radical (unpaired) electrons. The molecule has 1 aromatic rings. The van der Waals surface area contributed by atoms with Crippen LogP contribution >= 0.6 is 0 Å². The lowest BCUT2D eigenvalue weighted by Crippen LogP contribution is -2.33. The number of imide groups is 1. The summed E-state index contributed by atoms with van der Waals surface area (Å²) in [5.41, 5.74) is 1.57. The summed E-state index contributed by atoms with van der Waals surface area (Å²) in [6.07, 6.45) is 8.47. The molecule has 0 spiro atoms. The SMILES string of the molecule is O=C(NCCCN1C(=O)C=CC1=O)c1ccc(COC2C#CCCCCC2)cc1. The lowest BCUT2D eigenvalue weighted by atomic mass is 10.1. The maximum atomic E-state index is 12.2. The maximum absolute atomic E-state index is 12.2. The Bertz CT molecular complexity index is 815. The van der Waals surface area contributed by atoms with Crippen molar-refractivity contribution in [2.45, 2.75) is 51.2 Å². The van der Waals surface area contributed by atoms with Gasteiger partial charge in [-0.1, -0.05) is 24.5 Å². The molecule has 1 aromatic carbocycles. The van der Waals surface area contributed by atoms with E-state index in [1.807, 2.05) is 12.1 Å². The molecule has 0 aromatic heterocycles. The zero-order chi connectivity index (χ0) is 20.5. The third-order valence-corrected chi connectivity index (χ3v) is 4.94. The summed E-state index contributed by atoms with van der Waals surface area (Å²) >= 11 is 0. The van der Waals surface area contributed by atoms with Crippen molar-refractivity contribution in [3.8, 4) is 11.8 Å². The first-order chi connectivity index (χ1) is 14.1. The molecule has 3 amide bonds. The second kappa shape index (κ2) is 10.6. The van der Waals surface area contributed by atoms with Crippen molar-refractivity contribution in [2.75, 3.05) is 13.1 Å². The minimum absolute atomic E-state index is 0.0113. The van der Waals surface area contributed by atoms with E-state index in [1.54, 1.807) is 12.1 Å². The van der Waals surface area contributed by atoms with Gasteiger partial charge < -0.3 is 10.1 Å². The van der Waals surface area contributed by atoms with E-state index in [1.165, 1.54) is 29.9 Å². The largest absolute Gasteiger partial charge is 0.361 e. The van der Waals surface area contributed by atoms with E-state index in [9.17, 15) is 14.4 Å². The van der Waals surface area contributed by atoms with Crippen LogP contribution < -0.4 is 5.32 Å². The quantitative estimate of drug-likeness (QED) is 0.418. The number of carbonyl (C=O) groups is 3.